The molecule has 1 atom stereocenters. The molecule has 0 bridgehead atoms. The highest BCUT2D eigenvalue weighted by Gasteiger charge is 2.19. The number of fused-ring (bicyclic) bond motifs is 1. The molecule has 6 nitrogen and oxygen atoms in total. The Labute approximate surface area is 135 Å². The van der Waals surface area contributed by atoms with Crippen LogP contribution < -0.4 is 16.4 Å². The average molecular weight is 314 g/mol. The van der Waals surface area contributed by atoms with Crippen molar-refractivity contribution in [3.8, 4) is 0 Å². The van der Waals surface area contributed by atoms with Gasteiger partial charge in [0.1, 0.15) is 6.04 Å². The van der Waals surface area contributed by atoms with Crippen molar-refractivity contribution in [2.24, 2.45) is 11.7 Å². The summed E-state index contributed by atoms with van der Waals surface area (Å²) in [6.07, 6.45) is 0.496. The van der Waals surface area contributed by atoms with Crippen molar-refractivity contribution in [3.05, 3.63) is 36.0 Å². The number of urea groups is 1. The van der Waals surface area contributed by atoms with E-state index >= 15 is 0 Å². The second-order valence-electron chi connectivity index (χ2n) is 6.01. The van der Waals surface area contributed by atoms with Crippen LogP contribution in [0.3, 0.4) is 0 Å². The maximum atomic E-state index is 12.2. The van der Waals surface area contributed by atoms with Crippen LogP contribution in [0.5, 0.6) is 0 Å². The third kappa shape index (κ3) is 4.42. The number of carbonyl (C=O) groups is 2. The third-order valence-corrected chi connectivity index (χ3v) is 3.46. The predicted molar refractivity (Wildman–Crippen MR) is 91.1 cm³/mol. The van der Waals surface area contributed by atoms with Gasteiger partial charge in [0.25, 0.3) is 0 Å². The molecule has 0 radical (unpaired) electrons. The van der Waals surface area contributed by atoms with Crippen LogP contribution in [0.15, 0.2) is 30.3 Å². The van der Waals surface area contributed by atoms with E-state index < -0.39 is 18.0 Å². The molecule has 122 valence electrons. The number of hydrogen-bond donors (Lipinski definition) is 3. The van der Waals surface area contributed by atoms with Gasteiger partial charge < -0.3 is 16.4 Å². The van der Waals surface area contributed by atoms with E-state index in [4.69, 9.17) is 5.73 Å². The van der Waals surface area contributed by atoms with E-state index in [-0.39, 0.29) is 5.92 Å². The second-order valence-corrected chi connectivity index (χ2v) is 6.01. The molecule has 0 spiro atoms. The smallest absolute Gasteiger partial charge is 0.319 e. The quantitative estimate of drug-likeness (QED) is 0.791. The van der Waals surface area contributed by atoms with E-state index in [1.165, 1.54) is 0 Å². The van der Waals surface area contributed by atoms with Crippen LogP contribution in [0, 0.1) is 12.8 Å². The van der Waals surface area contributed by atoms with Crippen molar-refractivity contribution in [2.75, 3.05) is 5.32 Å². The van der Waals surface area contributed by atoms with Crippen molar-refractivity contribution in [2.45, 2.75) is 33.2 Å². The van der Waals surface area contributed by atoms with Crippen molar-refractivity contribution >= 4 is 28.5 Å². The summed E-state index contributed by atoms with van der Waals surface area (Å²) in [5.74, 6) is -0.296. The Balaban J connectivity index is 2.17. The minimum Gasteiger partial charge on any atom is -0.368 e. The molecular weight excluding hydrogens is 292 g/mol. The van der Waals surface area contributed by atoms with E-state index in [0.717, 1.165) is 11.1 Å². The van der Waals surface area contributed by atoms with Gasteiger partial charge in [-0.3, -0.25) is 9.78 Å². The van der Waals surface area contributed by atoms with Crippen LogP contribution in [0.4, 0.5) is 10.5 Å². The predicted octanol–water partition coefficient (Wildman–Crippen LogP) is 2.56. The van der Waals surface area contributed by atoms with Crippen LogP contribution in [-0.4, -0.2) is 23.0 Å². The number of rotatable bonds is 5. The molecule has 0 saturated heterocycles. The van der Waals surface area contributed by atoms with E-state index in [2.05, 4.69) is 15.6 Å². The Bertz CT molecular complexity index is 728. The Morgan fingerprint density at radius 2 is 1.96 bits per heavy atom. The summed E-state index contributed by atoms with van der Waals surface area (Å²) in [5, 5.41) is 6.31. The first-order chi connectivity index (χ1) is 10.9. The number of pyridine rings is 1. The zero-order valence-corrected chi connectivity index (χ0v) is 13.6. The summed E-state index contributed by atoms with van der Waals surface area (Å²) in [4.78, 5) is 28.1. The number of hydrogen-bond acceptors (Lipinski definition) is 3. The van der Waals surface area contributed by atoms with Crippen LogP contribution in [0.1, 0.15) is 26.0 Å². The van der Waals surface area contributed by atoms with Crippen LogP contribution >= 0.6 is 0 Å². The molecule has 0 fully saturated rings. The van der Waals surface area contributed by atoms with Crippen LogP contribution in [0.25, 0.3) is 10.9 Å². The Hall–Kier alpha value is -2.63. The highest BCUT2D eigenvalue weighted by Crippen LogP contribution is 2.21. The summed E-state index contributed by atoms with van der Waals surface area (Å²) in [7, 11) is 0. The van der Waals surface area contributed by atoms with Crippen molar-refractivity contribution < 1.29 is 9.59 Å². The number of amides is 3. The minimum atomic E-state index is -0.695. The number of para-hydroxylation sites is 1. The van der Waals surface area contributed by atoms with Crippen molar-refractivity contribution in [1.82, 2.24) is 10.3 Å². The average Bonchev–Trinajstić information content (AvgIpc) is 2.46. The first kappa shape index (κ1) is 16.7. The molecule has 2 aromatic rings. The van der Waals surface area contributed by atoms with E-state index in [0.29, 0.717) is 17.6 Å². The SMILES string of the molecule is Cc1ccc2cccc(NC(=O)NC(CC(C)C)C(N)=O)c2n1. The third-order valence-electron chi connectivity index (χ3n) is 3.46. The van der Waals surface area contributed by atoms with Gasteiger partial charge in [-0.2, -0.15) is 0 Å². The number of primary amides is 1. The maximum Gasteiger partial charge on any atom is 0.319 e. The van der Waals surface area contributed by atoms with Crippen LogP contribution in [-0.2, 0) is 4.79 Å². The van der Waals surface area contributed by atoms with E-state index in [1.807, 2.05) is 45.0 Å². The topological polar surface area (TPSA) is 97.1 Å². The fourth-order valence-corrected chi connectivity index (χ4v) is 2.38. The molecule has 0 aliphatic heterocycles. The van der Waals surface area contributed by atoms with Gasteiger partial charge in [0.15, 0.2) is 0 Å². The molecular formula is C17H22N4O2. The lowest BCUT2D eigenvalue weighted by Crippen LogP contribution is -2.46. The van der Waals surface area contributed by atoms with Crippen molar-refractivity contribution in [3.63, 3.8) is 0 Å². The first-order valence-corrected chi connectivity index (χ1v) is 7.60. The Morgan fingerprint density at radius 3 is 2.61 bits per heavy atom. The summed E-state index contributed by atoms with van der Waals surface area (Å²) < 4.78 is 0. The zero-order valence-electron chi connectivity index (χ0n) is 13.6. The van der Waals surface area contributed by atoms with Gasteiger partial charge in [0, 0.05) is 11.1 Å². The molecule has 1 unspecified atom stereocenters. The first-order valence-electron chi connectivity index (χ1n) is 7.60. The molecule has 3 amide bonds. The lowest BCUT2D eigenvalue weighted by atomic mass is 10.0. The number of anilines is 1. The maximum absolute atomic E-state index is 12.2. The molecule has 0 aliphatic rings. The largest absolute Gasteiger partial charge is 0.368 e. The number of nitrogens with zero attached hydrogens (tertiary/aromatic N) is 1. The summed E-state index contributed by atoms with van der Waals surface area (Å²) in [6.45, 7) is 5.82. The van der Waals surface area contributed by atoms with Gasteiger partial charge in [-0.05, 0) is 31.4 Å². The molecule has 23 heavy (non-hydrogen) atoms. The van der Waals surface area contributed by atoms with Gasteiger partial charge in [0.05, 0.1) is 11.2 Å². The van der Waals surface area contributed by atoms with Gasteiger partial charge in [-0.15, -0.1) is 0 Å². The lowest BCUT2D eigenvalue weighted by molar-refractivity contribution is -0.120. The van der Waals surface area contributed by atoms with Gasteiger partial charge in [0.2, 0.25) is 5.91 Å². The number of nitrogens with two attached hydrogens (primary N) is 1. The summed E-state index contributed by atoms with van der Waals surface area (Å²) in [6, 6.07) is 8.24. The number of aryl methyl sites for hydroxylation is 1. The second kappa shape index (κ2) is 7.09. The Morgan fingerprint density at radius 1 is 1.22 bits per heavy atom. The normalized spacial score (nSPS) is 12.2. The summed E-state index contributed by atoms with van der Waals surface area (Å²) in [5.41, 5.74) is 7.51. The molecule has 1 aromatic carbocycles. The lowest BCUT2D eigenvalue weighted by Gasteiger charge is -2.18. The Kier molecular flexibility index (Phi) is 5.16. The number of benzene rings is 1. The standard InChI is InChI=1S/C17H22N4O2/c1-10(2)9-14(16(18)22)21-17(23)20-13-6-4-5-12-8-7-11(3)19-15(12)13/h4-8,10,14H,9H2,1-3H3,(H2,18,22)(H2,20,21,23). The molecule has 0 aliphatic carbocycles. The molecule has 1 aromatic heterocycles. The monoisotopic (exact) mass is 314 g/mol. The minimum absolute atomic E-state index is 0.245. The molecule has 6 heteroatoms. The van der Waals surface area contributed by atoms with Gasteiger partial charge in [-0.25, -0.2) is 4.79 Å². The van der Waals surface area contributed by atoms with E-state index in [1.54, 1.807) is 6.07 Å². The number of aromatic nitrogens is 1. The zero-order chi connectivity index (χ0) is 17.0. The fraction of sp³-hybridized carbons (Fsp3) is 0.353. The fourth-order valence-electron chi connectivity index (χ4n) is 2.38. The highest BCUT2D eigenvalue weighted by molar-refractivity contribution is 6.00. The van der Waals surface area contributed by atoms with Crippen LogP contribution in [0.2, 0.25) is 0 Å². The summed E-state index contributed by atoms with van der Waals surface area (Å²) >= 11 is 0. The molecule has 4 N–H and O–H groups in total. The molecule has 1 heterocycles. The highest BCUT2D eigenvalue weighted by atomic mass is 16.2. The number of carbonyl (C=O) groups excluding carboxylic acids is 2. The number of nitrogens with one attached hydrogen (secondary N) is 2. The molecule has 2 rings (SSSR count). The van der Waals surface area contributed by atoms with E-state index in [9.17, 15) is 9.59 Å². The van der Waals surface area contributed by atoms with Crippen molar-refractivity contribution in [1.29, 1.82) is 0 Å². The van der Waals surface area contributed by atoms with Gasteiger partial charge in [-0.1, -0.05) is 32.0 Å². The molecule has 0 saturated carbocycles. The van der Waals surface area contributed by atoms with Gasteiger partial charge >= 0.3 is 6.03 Å².